The smallest absolute Gasteiger partial charge is 0.349 e. The monoisotopic (exact) mass is 365 g/mol. The van der Waals surface area contributed by atoms with E-state index < -0.39 is 18.1 Å². The number of para-hydroxylation sites is 1. The summed E-state index contributed by atoms with van der Waals surface area (Å²) in [5.41, 5.74) is 2.40. The molecule has 4 rings (SSSR count). The first kappa shape index (κ1) is 17.1. The van der Waals surface area contributed by atoms with E-state index in [1.165, 1.54) is 0 Å². The van der Waals surface area contributed by atoms with Gasteiger partial charge in [0.25, 0.3) is 0 Å². The largest absolute Gasteiger partial charge is 0.494 e. The number of pyridine rings is 2. The Morgan fingerprint density at radius 2 is 2.19 bits per heavy atom. The molecule has 7 nitrogen and oxygen atoms in total. The molecule has 0 radical (unpaired) electrons. The number of fused-ring (bicyclic) bond motifs is 2. The zero-order valence-corrected chi connectivity index (χ0v) is 15.0. The molecule has 138 valence electrons. The van der Waals surface area contributed by atoms with E-state index >= 15 is 0 Å². The number of nitrogens with one attached hydrogen (secondary N) is 1. The number of nitrogens with zero attached hydrogens (tertiary/aromatic N) is 2. The summed E-state index contributed by atoms with van der Waals surface area (Å²) < 4.78 is 16.3. The molecule has 0 spiro atoms. The van der Waals surface area contributed by atoms with Crippen LogP contribution in [0.3, 0.4) is 0 Å². The molecule has 1 N–H and O–H groups in total. The van der Waals surface area contributed by atoms with Gasteiger partial charge in [0.15, 0.2) is 0 Å². The van der Waals surface area contributed by atoms with Gasteiger partial charge in [-0.05, 0) is 25.1 Å². The van der Waals surface area contributed by atoms with Crippen LogP contribution in [0.2, 0.25) is 0 Å². The number of carbonyl (C=O) groups is 1. The fourth-order valence-electron chi connectivity index (χ4n) is 3.23. The number of benzene rings is 1. The Kier molecular flexibility index (Phi) is 4.50. The normalized spacial score (nSPS) is 17.9. The third kappa shape index (κ3) is 3.12. The van der Waals surface area contributed by atoms with Crippen molar-refractivity contribution in [2.45, 2.75) is 19.1 Å². The number of anilines is 1. The number of hydrogen-bond donors (Lipinski definition) is 1. The van der Waals surface area contributed by atoms with Gasteiger partial charge in [-0.1, -0.05) is 12.1 Å². The Labute approximate surface area is 156 Å². The second-order valence-corrected chi connectivity index (χ2v) is 6.08. The molecule has 2 aromatic heterocycles. The lowest BCUT2D eigenvalue weighted by Gasteiger charge is -2.20. The molecule has 1 aliphatic heterocycles. The van der Waals surface area contributed by atoms with E-state index in [9.17, 15) is 4.79 Å². The number of aromatic nitrogens is 2. The fraction of sp³-hybridized carbons (Fsp3) is 0.250. The summed E-state index contributed by atoms with van der Waals surface area (Å²) in [5, 5.41) is 4.29. The Bertz CT molecular complexity index is 992. The molecule has 1 aliphatic rings. The van der Waals surface area contributed by atoms with Crippen molar-refractivity contribution in [3.63, 3.8) is 0 Å². The third-order valence-electron chi connectivity index (χ3n) is 4.44. The van der Waals surface area contributed by atoms with E-state index in [1.54, 1.807) is 32.6 Å². The first-order valence-corrected chi connectivity index (χ1v) is 8.67. The summed E-state index contributed by atoms with van der Waals surface area (Å²) in [6.07, 6.45) is 4.21. The van der Waals surface area contributed by atoms with Crippen molar-refractivity contribution >= 4 is 22.6 Å². The van der Waals surface area contributed by atoms with E-state index in [0.29, 0.717) is 11.5 Å². The highest BCUT2D eigenvalue weighted by molar-refractivity contribution is 5.87. The second-order valence-electron chi connectivity index (χ2n) is 6.08. The highest BCUT2D eigenvalue weighted by Crippen LogP contribution is 2.39. The molecule has 0 saturated carbocycles. The predicted octanol–water partition coefficient (Wildman–Crippen LogP) is 3.12. The van der Waals surface area contributed by atoms with E-state index in [2.05, 4.69) is 15.3 Å². The summed E-state index contributed by atoms with van der Waals surface area (Å²) in [6.45, 7) is 2.06. The minimum Gasteiger partial charge on any atom is -0.494 e. The minimum atomic E-state index is -0.787. The highest BCUT2D eigenvalue weighted by Gasteiger charge is 2.40. The van der Waals surface area contributed by atoms with Gasteiger partial charge in [0.2, 0.25) is 6.10 Å². The van der Waals surface area contributed by atoms with Crippen molar-refractivity contribution < 1.29 is 19.0 Å². The average molecular weight is 365 g/mol. The molecule has 7 heteroatoms. The molecule has 3 aromatic rings. The molecule has 2 atom stereocenters. The van der Waals surface area contributed by atoms with Crippen LogP contribution in [0.15, 0.2) is 48.9 Å². The Morgan fingerprint density at radius 1 is 1.30 bits per heavy atom. The number of hydrogen-bond acceptors (Lipinski definition) is 7. The zero-order chi connectivity index (χ0) is 18.8. The van der Waals surface area contributed by atoms with Crippen molar-refractivity contribution in [1.29, 1.82) is 0 Å². The standard InChI is InChI=1S/C20H19N3O4/c1-3-26-20(24)19-18(14-7-8-21-11-16(14)27-19)23-13-9-12-5-4-6-15(25-2)17(12)22-10-13/h4-11,18-19,23H,3H2,1-2H3. The topological polar surface area (TPSA) is 82.6 Å². The number of carbonyl (C=O) groups excluding carboxylic acids is 1. The third-order valence-corrected chi connectivity index (χ3v) is 4.44. The zero-order valence-electron chi connectivity index (χ0n) is 15.0. The molecule has 0 bridgehead atoms. The maximum atomic E-state index is 12.4. The first-order chi connectivity index (χ1) is 13.2. The molecule has 3 heterocycles. The molecular weight excluding hydrogens is 346 g/mol. The van der Waals surface area contributed by atoms with E-state index in [1.807, 2.05) is 30.3 Å². The van der Waals surface area contributed by atoms with Crippen LogP contribution >= 0.6 is 0 Å². The van der Waals surface area contributed by atoms with Crippen LogP contribution in [-0.2, 0) is 9.53 Å². The van der Waals surface area contributed by atoms with Crippen molar-refractivity contribution in [2.75, 3.05) is 19.0 Å². The molecule has 0 amide bonds. The van der Waals surface area contributed by atoms with Gasteiger partial charge in [-0.3, -0.25) is 9.97 Å². The van der Waals surface area contributed by atoms with Crippen molar-refractivity contribution in [2.24, 2.45) is 0 Å². The average Bonchev–Trinajstić information content (AvgIpc) is 3.06. The number of methoxy groups -OCH3 is 1. The van der Waals surface area contributed by atoms with Crippen LogP contribution < -0.4 is 14.8 Å². The van der Waals surface area contributed by atoms with Gasteiger partial charge in [-0.15, -0.1) is 0 Å². The number of ether oxygens (including phenoxy) is 3. The molecule has 0 aliphatic carbocycles. The van der Waals surface area contributed by atoms with Crippen LogP contribution in [-0.4, -0.2) is 35.8 Å². The number of rotatable bonds is 5. The maximum Gasteiger partial charge on any atom is 0.349 e. The summed E-state index contributed by atoms with van der Waals surface area (Å²) in [7, 11) is 1.62. The predicted molar refractivity (Wildman–Crippen MR) is 99.9 cm³/mol. The number of esters is 1. The van der Waals surface area contributed by atoms with Gasteiger partial charge in [0.05, 0.1) is 31.8 Å². The van der Waals surface area contributed by atoms with Crippen LogP contribution in [0, 0.1) is 0 Å². The van der Waals surface area contributed by atoms with Gasteiger partial charge in [0.1, 0.15) is 23.1 Å². The van der Waals surface area contributed by atoms with Crippen molar-refractivity contribution in [1.82, 2.24) is 9.97 Å². The SMILES string of the molecule is CCOC(=O)C1Oc2cnccc2C1Nc1cnc2c(OC)cccc2c1. The Hall–Kier alpha value is -3.35. The Balaban J connectivity index is 1.68. The minimum absolute atomic E-state index is 0.289. The summed E-state index contributed by atoms with van der Waals surface area (Å²) in [6, 6.07) is 9.14. The first-order valence-electron chi connectivity index (χ1n) is 8.67. The molecule has 0 fully saturated rings. The summed E-state index contributed by atoms with van der Waals surface area (Å²) in [4.78, 5) is 20.9. The fourth-order valence-corrected chi connectivity index (χ4v) is 3.23. The Morgan fingerprint density at radius 3 is 3.00 bits per heavy atom. The van der Waals surface area contributed by atoms with Crippen LogP contribution in [0.4, 0.5) is 5.69 Å². The molecule has 0 saturated heterocycles. The van der Waals surface area contributed by atoms with Crippen molar-refractivity contribution in [3.05, 3.63) is 54.5 Å². The van der Waals surface area contributed by atoms with Crippen molar-refractivity contribution in [3.8, 4) is 11.5 Å². The van der Waals surface area contributed by atoms with Gasteiger partial charge in [-0.2, -0.15) is 0 Å². The lowest BCUT2D eigenvalue weighted by Crippen LogP contribution is -2.34. The van der Waals surface area contributed by atoms with Gasteiger partial charge in [-0.25, -0.2) is 4.79 Å². The molecule has 1 aromatic carbocycles. The lowest BCUT2D eigenvalue weighted by molar-refractivity contribution is -0.151. The quantitative estimate of drug-likeness (QED) is 0.696. The van der Waals surface area contributed by atoms with Crippen LogP contribution in [0.5, 0.6) is 11.5 Å². The lowest BCUT2D eigenvalue weighted by atomic mass is 10.0. The van der Waals surface area contributed by atoms with Crippen LogP contribution in [0.1, 0.15) is 18.5 Å². The highest BCUT2D eigenvalue weighted by atomic mass is 16.6. The molecular formula is C20H19N3O4. The van der Waals surface area contributed by atoms with E-state index in [4.69, 9.17) is 14.2 Å². The van der Waals surface area contributed by atoms with Gasteiger partial charge >= 0.3 is 5.97 Å². The van der Waals surface area contributed by atoms with Crippen LogP contribution in [0.25, 0.3) is 10.9 Å². The van der Waals surface area contributed by atoms with E-state index in [-0.39, 0.29) is 6.61 Å². The maximum absolute atomic E-state index is 12.4. The molecule has 2 unspecified atom stereocenters. The van der Waals surface area contributed by atoms with Gasteiger partial charge < -0.3 is 19.5 Å². The van der Waals surface area contributed by atoms with Gasteiger partial charge in [0, 0.05) is 17.1 Å². The molecule has 27 heavy (non-hydrogen) atoms. The summed E-state index contributed by atoms with van der Waals surface area (Å²) >= 11 is 0. The van der Waals surface area contributed by atoms with E-state index in [0.717, 1.165) is 22.2 Å². The second kappa shape index (κ2) is 7.11. The summed E-state index contributed by atoms with van der Waals surface area (Å²) in [5.74, 6) is 0.870.